The van der Waals surface area contributed by atoms with Gasteiger partial charge in [-0.2, -0.15) is 0 Å². The van der Waals surface area contributed by atoms with Gasteiger partial charge in [0.25, 0.3) is 0 Å². The molecule has 0 N–H and O–H groups in total. The summed E-state index contributed by atoms with van der Waals surface area (Å²) in [5.74, 6) is -0.697. The molecular weight excluding hydrogens is 455 g/mol. The molecule has 2 rings (SSSR count). The van der Waals surface area contributed by atoms with Gasteiger partial charge in [0.2, 0.25) is 0 Å². The van der Waals surface area contributed by atoms with Crippen molar-refractivity contribution in [3.63, 3.8) is 0 Å². The lowest BCUT2D eigenvalue weighted by molar-refractivity contribution is 0.0635. The minimum absolute atomic E-state index is 0.0106. The first-order chi connectivity index (χ1) is 16.2. The van der Waals surface area contributed by atoms with E-state index in [1.165, 1.54) is 28.4 Å². The van der Waals surface area contributed by atoms with Crippen LogP contribution < -0.4 is 18.9 Å². The van der Waals surface area contributed by atoms with E-state index in [1.807, 2.05) is 20.8 Å². The molecule has 0 bridgehead atoms. The van der Waals surface area contributed by atoms with Crippen molar-refractivity contribution < 1.29 is 33.1 Å². The molecule has 0 radical (unpaired) electrons. The number of hydrogen-bond acceptors (Lipinski definition) is 7. The molecule has 0 aliphatic carbocycles. The molecule has 0 aromatic heterocycles. The third-order valence-electron chi connectivity index (χ3n) is 5.92. The molecule has 0 fully saturated rings. The van der Waals surface area contributed by atoms with Gasteiger partial charge >= 0.3 is 0 Å². The highest BCUT2D eigenvalue weighted by atomic mass is 31.1. The molecule has 0 saturated heterocycles. The van der Waals surface area contributed by atoms with E-state index in [0.717, 1.165) is 0 Å². The summed E-state index contributed by atoms with van der Waals surface area (Å²) in [6, 6.07) is 10.1. The first-order valence-electron chi connectivity index (χ1n) is 11.0. The minimum atomic E-state index is -1.12. The van der Waals surface area contributed by atoms with Gasteiger partial charge in [-0.05, 0) is 42.0 Å². The summed E-state index contributed by atoms with van der Waals surface area (Å²) in [5.41, 5.74) is -0.416. The maximum absolute atomic E-state index is 14.2. The van der Waals surface area contributed by atoms with Gasteiger partial charge in [-0.1, -0.05) is 32.9 Å². The van der Waals surface area contributed by atoms with E-state index in [1.54, 1.807) is 36.4 Å². The van der Waals surface area contributed by atoms with Crippen LogP contribution in [0, 0.1) is 17.3 Å². The highest BCUT2D eigenvalue weighted by molar-refractivity contribution is 7.23. The van der Waals surface area contributed by atoms with E-state index in [4.69, 9.17) is 18.9 Å². The number of benzene rings is 2. The van der Waals surface area contributed by atoms with Crippen molar-refractivity contribution in [2.75, 3.05) is 34.6 Å². The van der Waals surface area contributed by atoms with Crippen LogP contribution in [-0.4, -0.2) is 46.2 Å². The van der Waals surface area contributed by atoms with E-state index < -0.39 is 22.9 Å². The van der Waals surface area contributed by atoms with E-state index in [-0.39, 0.29) is 25.5 Å². The third kappa shape index (κ3) is 5.76. The van der Waals surface area contributed by atoms with Crippen LogP contribution in [0.2, 0.25) is 0 Å². The van der Waals surface area contributed by atoms with Crippen molar-refractivity contribution in [3.8, 4) is 23.0 Å². The maximum atomic E-state index is 14.2. The lowest BCUT2D eigenvalue weighted by atomic mass is 9.67. The monoisotopic (exact) mass is 488 g/mol. The Hall–Kier alpha value is -2.92. The summed E-state index contributed by atoms with van der Waals surface area (Å²) in [4.78, 5) is 28.4. The predicted octanol–water partition coefficient (Wildman–Crippen LogP) is 5.75. The molecule has 2 aromatic rings. The average Bonchev–Trinajstić information content (AvgIpc) is 2.82. The number of ether oxygens (including phenoxy) is 4. The Balaban J connectivity index is 2.76. The third-order valence-corrected chi connectivity index (χ3v) is 6.69. The topological polar surface area (TPSA) is 88.1 Å². The number of hydrogen-bond donors (Lipinski definition) is 0. The molecule has 184 valence electrons. The van der Waals surface area contributed by atoms with Crippen LogP contribution in [0.25, 0.3) is 0 Å². The Morgan fingerprint density at radius 2 is 1.15 bits per heavy atom. The predicted molar refractivity (Wildman–Crippen MR) is 131 cm³/mol. The van der Waals surface area contributed by atoms with E-state index in [0.29, 0.717) is 35.6 Å². The van der Waals surface area contributed by atoms with E-state index in [2.05, 4.69) is 0 Å². The number of methoxy groups -OCH3 is 4. The maximum Gasteiger partial charge on any atom is 0.181 e. The Morgan fingerprint density at radius 3 is 1.44 bits per heavy atom. The van der Waals surface area contributed by atoms with Crippen molar-refractivity contribution in [1.29, 1.82) is 0 Å². The molecule has 0 aliphatic rings. The van der Waals surface area contributed by atoms with Gasteiger partial charge in [0.05, 0.1) is 34.4 Å². The molecule has 7 nitrogen and oxygen atoms in total. The number of carbonyl (C=O) groups excluding carboxylic acids is 2. The number of ketones is 2. The van der Waals surface area contributed by atoms with Crippen LogP contribution in [0.4, 0.5) is 0 Å². The Kier molecular flexibility index (Phi) is 9.63. The lowest BCUT2D eigenvalue weighted by Crippen LogP contribution is -2.39. The van der Waals surface area contributed by atoms with Crippen LogP contribution in [0.15, 0.2) is 36.4 Å². The Labute approximate surface area is 202 Å². The van der Waals surface area contributed by atoms with Gasteiger partial charge in [-0.25, -0.2) is 0 Å². The molecule has 8 heteroatoms. The average molecular weight is 489 g/mol. The van der Waals surface area contributed by atoms with Crippen LogP contribution in [0.5, 0.6) is 23.0 Å². The molecule has 0 spiro atoms. The summed E-state index contributed by atoms with van der Waals surface area (Å²) in [6.07, 6.45) is 0.911. The highest BCUT2D eigenvalue weighted by Gasteiger charge is 2.45. The molecule has 0 saturated carbocycles. The largest absolute Gasteiger partial charge is 0.496 e. The van der Waals surface area contributed by atoms with Crippen molar-refractivity contribution in [2.45, 2.75) is 27.2 Å². The fraction of sp³-hybridized carbons (Fsp3) is 0.462. The summed E-state index contributed by atoms with van der Waals surface area (Å²) in [5, 5.41) is 0. The van der Waals surface area contributed by atoms with Gasteiger partial charge in [-0.3, -0.25) is 14.2 Å². The molecule has 1 atom stereocenters. The molecule has 34 heavy (non-hydrogen) atoms. The van der Waals surface area contributed by atoms with E-state index >= 15 is 0 Å². The zero-order chi connectivity index (χ0) is 25.5. The minimum Gasteiger partial charge on any atom is -0.496 e. The van der Waals surface area contributed by atoms with Gasteiger partial charge < -0.3 is 18.9 Å². The first kappa shape index (κ1) is 27.3. The molecule has 0 aliphatic heterocycles. The lowest BCUT2D eigenvalue weighted by Gasteiger charge is -2.35. The molecule has 0 heterocycles. The first-order valence-corrected chi connectivity index (χ1v) is 12.0. The van der Waals surface area contributed by atoms with Gasteiger partial charge in [-0.15, -0.1) is 0 Å². The van der Waals surface area contributed by atoms with Gasteiger partial charge in [0.15, 0.2) is 20.0 Å². The zero-order valence-corrected chi connectivity index (χ0v) is 21.7. The Bertz CT molecular complexity index is 920. The summed E-state index contributed by atoms with van der Waals surface area (Å²) >= 11 is 0. The number of rotatable bonds is 13. The summed E-state index contributed by atoms with van der Waals surface area (Å²) in [7, 11) is 5.88. The quantitative estimate of drug-likeness (QED) is 0.202. The summed E-state index contributed by atoms with van der Waals surface area (Å²) < 4.78 is 33.1. The molecule has 1 unspecified atom stereocenters. The van der Waals surface area contributed by atoms with E-state index in [9.17, 15) is 14.2 Å². The van der Waals surface area contributed by atoms with Crippen LogP contribution >= 0.6 is 8.46 Å². The second kappa shape index (κ2) is 12.0. The standard InChI is InChI=1S/C26H33O7P/c1-16(15-34-29)14-26(2,3)23(24(27)21-17(30-4)10-8-11-18(21)31-5)25(28)22-19(32-6)12-9-13-20(22)33-7/h8-13,16,23H,14-15H2,1-7H3. The second-order valence-corrected chi connectivity index (χ2v) is 9.47. The molecule has 0 amide bonds. The van der Waals surface area contributed by atoms with Gasteiger partial charge in [0.1, 0.15) is 34.1 Å². The Morgan fingerprint density at radius 1 is 0.794 bits per heavy atom. The van der Waals surface area contributed by atoms with Crippen LogP contribution in [0.3, 0.4) is 0 Å². The fourth-order valence-corrected chi connectivity index (χ4v) is 4.90. The van der Waals surface area contributed by atoms with Crippen molar-refractivity contribution in [1.82, 2.24) is 0 Å². The fourth-order valence-electron chi connectivity index (χ4n) is 4.51. The second-order valence-electron chi connectivity index (χ2n) is 8.85. The smallest absolute Gasteiger partial charge is 0.181 e. The van der Waals surface area contributed by atoms with Crippen molar-refractivity contribution in [2.24, 2.45) is 17.3 Å². The SMILES string of the molecule is COc1cccc(OC)c1C(=O)C(C(=O)c1c(OC)cccc1OC)C(C)(C)CC(C)CP=O. The van der Waals surface area contributed by atoms with Crippen LogP contribution in [0.1, 0.15) is 47.9 Å². The number of carbonyl (C=O) groups is 2. The van der Waals surface area contributed by atoms with Crippen LogP contribution in [-0.2, 0) is 4.57 Å². The molecule has 2 aromatic carbocycles. The zero-order valence-electron chi connectivity index (χ0n) is 20.8. The van der Waals surface area contributed by atoms with Crippen molar-refractivity contribution >= 4 is 20.0 Å². The number of Topliss-reactive ketones (excluding diaryl/α,β-unsaturated/α-hetero) is 2. The van der Waals surface area contributed by atoms with Gasteiger partial charge in [0, 0.05) is 6.16 Å². The summed E-state index contributed by atoms with van der Waals surface area (Å²) in [6.45, 7) is 5.69. The normalized spacial score (nSPS) is 12.4. The highest BCUT2D eigenvalue weighted by Crippen LogP contribution is 2.44. The molecular formula is C26H33O7P. The van der Waals surface area contributed by atoms with Crippen molar-refractivity contribution in [3.05, 3.63) is 47.5 Å².